The lowest BCUT2D eigenvalue weighted by atomic mass is 9.99. The average molecular weight is 372 g/mol. The molecule has 142 valence electrons. The molecule has 1 N–H and O–H groups in total. The number of carbonyl (C=O) groups excluding carboxylic acids is 2. The fraction of sp³-hybridized carbons (Fsp3) is 0.250. The van der Waals surface area contributed by atoms with Crippen molar-refractivity contribution in [3.05, 3.63) is 77.5 Å². The van der Waals surface area contributed by atoms with Gasteiger partial charge >= 0.3 is 0 Å². The van der Waals surface area contributed by atoms with Gasteiger partial charge in [0.2, 0.25) is 5.91 Å². The maximum absolute atomic E-state index is 12.7. The van der Waals surface area contributed by atoms with E-state index in [0.717, 1.165) is 22.9 Å². The normalized spacial score (nSPS) is 14.2. The molecule has 1 aliphatic rings. The first-order valence-corrected chi connectivity index (χ1v) is 9.75. The number of Topliss-reactive ketones (excluding diaryl/α,β-unsaturated/α-hetero) is 1. The fourth-order valence-corrected chi connectivity index (χ4v) is 3.79. The molecule has 0 atom stereocenters. The van der Waals surface area contributed by atoms with E-state index in [1.807, 2.05) is 48.2 Å². The van der Waals surface area contributed by atoms with Crippen molar-refractivity contribution in [2.75, 3.05) is 13.1 Å². The first kappa shape index (κ1) is 18.2. The Kier molecular flexibility index (Phi) is 5.11. The van der Waals surface area contributed by atoms with E-state index >= 15 is 0 Å². The van der Waals surface area contributed by atoms with Crippen LogP contribution in [-0.4, -0.2) is 34.7 Å². The quantitative estimate of drug-likeness (QED) is 0.657. The minimum absolute atomic E-state index is 0.0164. The van der Waals surface area contributed by atoms with Gasteiger partial charge in [0.05, 0.1) is 0 Å². The van der Waals surface area contributed by atoms with Gasteiger partial charge in [-0.25, -0.2) is 0 Å². The van der Waals surface area contributed by atoms with Gasteiger partial charge in [-0.1, -0.05) is 48.0 Å². The number of H-pyrrole nitrogens is 1. The molecule has 1 aromatic heterocycles. The van der Waals surface area contributed by atoms with Crippen molar-refractivity contribution in [2.45, 2.75) is 26.2 Å². The number of carbonyl (C=O) groups is 2. The number of aryl methyl sites for hydroxylation is 1. The van der Waals surface area contributed by atoms with Crippen LogP contribution in [0, 0.1) is 6.92 Å². The molecule has 4 heteroatoms. The third-order valence-corrected chi connectivity index (χ3v) is 5.41. The zero-order valence-corrected chi connectivity index (χ0v) is 16.1. The Morgan fingerprint density at radius 1 is 1.07 bits per heavy atom. The van der Waals surface area contributed by atoms with Crippen LogP contribution in [-0.2, 0) is 4.79 Å². The highest BCUT2D eigenvalue weighted by Gasteiger charge is 2.20. The fourth-order valence-electron chi connectivity index (χ4n) is 3.79. The summed E-state index contributed by atoms with van der Waals surface area (Å²) in [5, 5.41) is 0.936. The number of aromatic amines is 1. The van der Waals surface area contributed by atoms with Crippen LogP contribution in [0.1, 0.15) is 40.7 Å². The second-order valence-electron chi connectivity index (χ2n) is 7.36. The summed E-state index contributed by atoms with van der Waals surface area (Å²) in [5.74, 6) is 0.0652. The van der Waals surface area contributed by atoms with Crippen LogP contribution in [0.25, 0.3) is 16.5 Å². The SMILES string of the molecule is Cc1ccc2[nH]cc(C(=O)CCC(=O)N3CC=C(c4ccccc4)CC3)c2c1. The average Bonchev–Trinajstić information content (AvgIpc) is 3.15. The number of hydrogen-bond acceptors (Lipinski definition) is 2. The number of fused-ring (bicyclic) bond motifs is 1. The molecule has 0 fully saturated rings. The summed E-state index contributed by atoms with van der Waals surface area (Å²) < 4.78 is 0. The van der Waals surface area contributed by atoms with Gasteiger partial charge in [0.1, 0.15) is 0 Å². The molecule has 0 aliphatic carbocycles. The van der Waals surface area contributed by atoms with E-state index in [1.54, 1.807) is 6.20 Å². The molecule has 3 aromatic rings. The van der Waals surface area contributed by atoms with Gasteiger partial charge in [-0.3, -0.25) is 9.59 Å². The summed E-state index contributed by atoms with van der Waals surface area (Å²) in [5.41, 5.74) is 5.26. The van der Waals surface area contributed by atoms with Crippen LogP contribution in [0.15, 0.2) is 60.8 Å². The lowest BCUT2D eigenvalue weighted by molar-refractivity contribution is -0.130. The summed E-state index contributed by atoms with van der Waals surface area (Å²) in [7, 11) is 0. The summed E-state index contributed by atoms with van der Waals surface area (Å²) in [6.07, 6.45) is 5.23. The molecule has 0 spiro atoms. The molecule has 1 amide bonds. The van der Waals surface area contributed by atoms with Crippen LogP contribution in [0.2, 0.25) is 0 Å². The molecule has 0 saturated heterocycles. The monoisotopic (exact) mass is 372 g/mol. The van der Waals surface area contributed by atoms with Gasteiger partial charge in [0.25, 0.3) is 0 Å². The first-order valence-electron chi connectivity index (χ1n) is 9.75. The van der Waals surface area contributed by atoms with Gasteiger partial charge in [-0.2, -0.15) is 0 Å². The Labute approximate surface area is 164 Å². The van der Waals surface area contributed by atoms with E-state index in [4.69, 9.17) is 0 Å². The first-order chi connectivity index (χ1) is 13.6. The van der Waals surface area contributed by atoms with E-state index in [1.165, 1.54) is 11.1 Å². The number of nitrogens with one attached hydrogen (secondary N) is 1. The van der Waals surface area contributed by atoms with Gasteiger partial charge < -0.3 is 9.88 Å². The molecule has 0 saturated carbocycles. The summed E-state index contributed by atoms with van der Waals surface area (Å²) in [6, 6.07) is 16.3. The van der Waals surface area contributed by atoms with E-state index in [-0.39, 0.29) is 24.5 Å². The van der Waals surface area contributed by atoms with Crippen LogP contribution >= 0.6 is 0 Å². The molecule has 4 nitrogen and oxygen atoms in total. The maximum atomic E-state index is 12.7. The molecule has 0 unspecified atom stereocenters. The Balaban J connectivity index is 1.36. The Hall–Kier alpha value is -3.14. The van der Waals surface area contributed by atoms with Crippen LogP contribution < -0.4 is 0 Å². The molecule has 2 aromatic carbocycles. The third-order valence-electron chi connectivity index (χ3n) is 5.41. The number of rotatable bonds is 5. The number of hydrogen-bond donors (Lipinski definition) is 1. The predicted octanol–water partition coefficient (Wildman–Crippen LogP) is 4.76. The van der Waals surface area contributed by atoms with Crippen molar-refractivity contribution < 1.29 is 9.59 Å². The highest BCUT2D eigenvalue weighted by atomic mass is 16.2. The van der Waals surface area contributed by atoms with E-state index in [2.05, 4.69) is 23.2 Å². The van der Waals surface area contributed by atoms with Gasteiger partial charge in [0, 0.05) is 48.6 Å². The number of aromatic nitrogens is 1. The third kappa shape index (κ3) is 3.77. The highest BCUT2D eigenvalue weighted by molar-refractivity contribution is 6.08. The van der Waals surface area contributed by atoms with Gasteiger partial charge in [-0.05, 0) is 36.6 Å². The van der Waals surface area contributed by atoms with Crippen molar-refractivity contribution in [1.29, 1.82) is 0 Å². The van der Waals surface area contributed by atoms with Crippen molar-refractivity contribution >= 4 is 28.2 Å². The van der Waals surface area contributed by atoms with Gasteiger partial charge in [-0.15, -0.1) is 0 Å². The highest BCUT2D eigenvalue weighted by Crippen LogP contribution is 2.24. The Morgan fingerprint density at radius 2 is 1.89 bits per heavy atom. The standard InChI is InChI=1S/C24H24N2O2/c1-17-7-8-22-20(15-17)21(16-25-22)23(27)9-10-24(28)26-13-11-19(12-14-26)18-5-3-2-4-6-18/h2-8,11,15-16,25H,9-10,12-14H2,1H3. The molecule has 2 heterocycles. The van der Waals surface area contributed by atoms with Crippen LogP contribution in [0.3, 0.4) is 0 Å². The van der Waals surface area contributed by atoms with Crippen molar-refractivity contribution in [2.24, 2.45) is 0 Å². The smallest absolute Gasteiger partial charge is 0.223 e. The Bertz CT molecular complexity index is 1050. The molecular weight excluding hydrogens is 348 g/mol. The lowest BCUT2D eigenvalue weighted by Gasteiger charge is -2.26. The second kappa shape index (κ2) is 7.85. The van der Waals surface area contributed by atoms with Crippen molar-refractivity contribution in [3.63, 3.8) is 0 Å². The van der Waals surface area contributed by atoms with Crippen molar-refractivity contribution in [3.8, 4) is 0 Å². The molecule has 4 rings (SSSR count). The van der Waals surface area contributed by atoms with E-state index in [0.29, 0.717) is 18.7 Å². The largest absolute Gasteiger partial charge is 0.360 e. The number of amides is 1. The second-order valence-corrected chi connectivity index (χ2v) is 7.36. The topological polar surface area (TPSA) is 53.2 Å². The minimum atomic E-state index is 0.0164. The maximum Gasteiger partial charge on any atom is 0.223 e. The zero-order chi connectivity index (χ0) is 19.5. The molecule has 28 heavy (non-hydrogen) atoms. The number of nitrogens with zero attached hydrogens (tertiary/aromatic N) is 1. The zero-order valence-electron chi connectivity index (χ0n) is 16.1. The van der Waals surface area contributed by atoms with Crippen LogP contribution in [0.5, 0.6) is 0 Å². The van der Waals surface area contributed by atoms with E-state index in [9.17, 15) is 9.59 Å². The molecule has 1 aliphatic heterocycles. The molecule has 0 bridgehead atoms. The Morgan fingerprint density at radius 3 is 2.64 bits per heavy atom. The summed E-state index contributed by atoms with van der Waals surface area (Å²) >= 11 is 0. The predicted molar refractivity (Wildman–Crippen MR) is 112 cm³/mol. The molecular formula is C24H24N2O2. The summed E-state index contributed by atoms with van der Waals surface area (Å²) in [6.45, 7) is 3.33. The minimum Gasteiger partial charge on any atom is -0.360 e. The van der Waals surface area contributed by atoms with Crippen LogP contribution in [0.4, 0.5) is 0 Å². The van der Waals surface area contributed by atoms with Crippen molar-refractivity contribution in [1.82, 2.24) is 9.88 Å². The summed E-state index contributed by atoms with van der Waals surface area (Å²) in [4.78, 5) is 30.2. The van der Waals surface area contributed by atoms with Gasteiger partial charge in [0.15, 0.2) is 5.78 Å². The van der Waals surface area contributed by atoms with E-state index < -0.39 is 0 Å². The molecule has 0 radical (unpaired) electrons. The number of ketones is 1. The number of benzene rings is 2. The lowest BCUT2D eigenvalue weighted by Crippen LogP contribution is -2.34.